The van der Waals surface area contributed by atoms with Crippen LogP contribution in [0.25, 0.3) is 0 Å². The minimum absolute atomic E-state index is 0.369. The van der Waals surface area contributed by atoms with Crippen LogP contribution in [-0.4, -0.2) is 12.3 Å². The molecule has 0 saturated carbocycles. The van der Waals surface area contributed by atoms with E-state index in [1.165, 1.54) is 5.54 Å². The standard InChI is InChI=1S/C13H17ClN2O/c1-9-8-13(15)10(2)7-12(9)11(3)16-17-6-4-5-14/h4-5,7-8H,6,15H2,1-3H3/b5-4+,16-11+. The molecule has 3 nitrogen and oxygen atoms in total. The highest BCUT2D eigenvalue weighted by Crippen LogP contribution is 2.18. The fourth-order valence-electron chi connectivity index (χ4n) is 1.49. The van der Waals surface area contributed by atoms with Crippen molar-refractivity contribution >= 4 is 23.0 Å². The molecule has 92 valence electrons. The lowest BCUT2D eigenvalue weighted by Crippen LogP contribution is -2.02. The second kappa shape index (κ2) is 6.30. The second-order valence-corrected chi connectivity index (χ2v) is 4.11. The Morgan fingerprint density at radius 3 is 2.76 bits per heavy atom. The lowest BCUT2D eigenvalue weighted by molar-refractivity contribution is 0.175. The number of rotatable bonds is 4. The molecule has 2 N–H and O–H groups in total. The maximum Gasteiger partial charge on any atom is 0.136 e. The van der Waals surface area contributed by atoms with Crippen LogP contribution >= 0.6 is 11.6 Å². The van der Waals surface area contributed by atoms with Gasteiger partial charge < -0.3 is 10.6 Å². The number of halogens is 1. The van der Waals surface area contributed by atoms with Gasteiger partial charge in [-0.1, -0.05) is 16.8 Å². The molecule has 0 bridgehead atoms. The summed E-state index contributed by atoms with van der Waals surface area (Å²) in [5.74, 6) is 0. The van der Waals surface area contributed by atoms with E-state index in [4.69, 9.17) is 22.2 Å². The van der Waals surface area contributed by atoms with Gasteiger partial charge in [-0.2, -0.15) is 0 Å². The molecule has 1 rings (SSSR count). The van der Waals surface area contributed by atoms with Gasteiger partial charge in [0.1, 0.15) is 6.61 Å². The Balaban J connectivity index is 2.88. The van der Waals surface area contributed by atoms with Crippen LogP contribution in [0.5, 0.6) is 0 Å². The Bertz CT molecular complexity index is 453. The van der Waals surface area contributed by atoms with E-state index < -0.39 is 0 Å². The molecule has 0 fully saturated rings. The highest BCUT2D eigenvalue weighted by molar-refractivity contribution is 6.25. The van der Waals surface area contributed by atoms with Crippen molar-refractivity contribution in [3.05, 3.63) is 40.4 Å². The number of nitrogens with two attached hydrogens (primary N) is 1. The van der Waals surface area contributed by atoms with Crippen molar-refractivity contribution in [1.29, 1.82) is 0 Å². The summed E-state index contributed by atoms with van der Waals surface area (Å²) < 4.78 is 0. The molecular weight excluding hydrogens is 236 g/mol. The van der Waals surface area contributed by atoms with Crippen molar-refractivity contribution in [3.8, 4) is 0 Å². The minimum Gasteiger partial charge on any atom is -0.399 e. The summed E-state index contributed by atoms with van der Waals surface area (Å²) in [5, 5.41) is 4.03. The summed E-state index contributed by atoms with van der Waals surface area (Å²) in [6, 6.07) is 3.96. The Labute approximate surface area is 107 Å². The second-order valence-electron chi connectivity index (χ2n) is 3.86. The van der Waals surface area contributed by atoms with Gasteiger partial charge in [-0.15, -0.1) is 0 Å². The molecule has 0 heterocycles. The highest BCUT2D eigenvalue weighted by atomic mass is 35.5. The summed E-state index contributed by atoms with van der Waals surface area (Å²) in [7, 11) is 0. The van der Waals surface area contributed by atoms with Gasteiger partial charge in [-0.3, -0.25) is 0 Å². The number of nitrogen functional groups attached to an aromatic ring is 1. The number of oxime groups is 1. The van der Waals surface area contributed by atoms with Gasteiger partial charge in [0.2, 0.25) is 0 Å². The molecule has 17 heavy (non-hydrogen) atoms. The fourth-order valence-corrected chi connectivity index (χ4v) is 1.56. The maximum absolute atomic E-state index is 5.83. The summed E-state index contributed by atoms with van der Waals surface area (Å²) in [5.41, 5.74) is 12.0. The Morgan fingerprint density at radius 1 is 1.41 bits per heavy atom. The quantitative estimate of drug-likeness (QED) is 0.387. The van der Waals surface area contributed by atoms with Crippen LogP contribution in [0.4, 0.5) is 5.69 Å². The molecule has 1 aromatic carbocycles. The number of anilines is 1. The average molecular weight is 253 g/mol. The zero-order valence-corrected chi connectivity index (χ0v) is 11.1. The van der Waals surface area contributed by atoms with Crippen molar-refractivity contribution in [3.63, 3.8) is 0 Å². The molecule has 0 atom stereocenters. The largest absolute Gasteiger partial charge is 0.399 e. The highest BCUT2D eigenvalue weighted by Gasteiger charge is 2.05. The van der Waals surface area contributed by atoms with Gasteiger partial charge in [0.05, 0.1) is 5.71 Å². The van der Waals surface area contributed by atoms with E-state index in [9.17, 15) is 0 Å². The first-order valence-electron chi connectivity index (χ1n) is 5.35. The van der Waals surface area contributed by atoms with E-state index in [2.05, 4.69) is 5.16 Å². The topological polar surface area (TPSA) is 47.6 Å². The van der Waals surface area contributed by atoms with Crippen molar-refractivity contribution in [1.82, 2.24) is 0 Å². The normalized spacial score (nSPS) is 12.1. The van der Waals surface area contributed by atoms with Crippen molar-refractivity contribution in [2.24, 2.45) is 5.16 Å². The number of aryl methyl sites for hydroxylation is 2. The molecule has 0 aromatic heterocycles. The van der Waals surface area contributed by atoms with Crippen molar-refractivity contribution < 1.29 is 4.84 Å². The first-order valence-corrected chi connectivity index (χ1v) is 5.78. The van der Waals surface area contributed by atoms with E-state index in [1.54, 1.807) is 6.08 Å². The predicted molar refractivity (Wildman–Crippen MR) is 73.5 cm³/mol. The van der Waals surface area contributed by atoms with E-state index in [-0.39, 0.29) is 0 Å². The minimum atomic E-state index is 0.369. The van der Waals surface area contributed by atoms with Gasteiger partial charge in [0.15, 0.2) is 0 Å². The first kappa shape index (κ1) is 13.6. The van der Waals surface area contributed by atoms with Gasteiger partial charge in [0.25, 0.3) is 0 Å². The van der Waals surface area contributed by atoms with E-state index in [0.29, 0.717) is 6.61 Å². The summed E-state index contributed by atoms with van der Waals surface area (Å²) >= 11 is 5.37. The SMILES string of the molecule is C/C(=N\OC/C=C/Cl)c1cc(C)c(N)cc1C. The molecule has 4 heteroatoms. The fraction of sp³-hybridized carbons (Fsp3) is 0.308. The smallest absolute Gasteiger partial charge is 0.136 e. The zero-order chi connectivity index (χ0) is 12.8. The molecule has 0 radical (unpaired) electrons. The number of hydrogen-bond donors (Lipinski definition) is 1. The lowest BCUT2D eigenvalue weighted by atomic mass is 10.0. The third kappa shape index (κ3) is 3.79. The third-order valence-corrected chi connectivity index (χ3v) is 2.64. The van der Waals surface area contributed by atoms with E-state index in [0.717, 1.165) is 28.1 Å². The average Bonchev–Trinajstić information content (AvgIpc) is 2.29. The summed E-state index contributed by atoms with van der Waals surface area (Å²) in [6.45, 7) is 6.25. The molecule has 1 aromatic rings. The molecule has 0 unspecified atom stereocenters. The Kier molecular flexibility index (Phi) is 5.04. The van der Waals surface area contributed by atoms with Crippen LogP contribution in [0.15, 0.2) is 28.9 Å². The third-order valence-electron chi connectivity index (χ3n) is 2.46. The monoisotopic (exact) mass is 252 g/mol. The summed E-state index contributed by atoms with van der Waals surface area (Å²) in [4.78, 5) is 5.10. The van der Waals surface area contributed by atoms with Crippen LogP contribution < -0.4 is 5.73 Å². The van der Waals surface area contributed by atoms with Gasteiger partial charge >= 0.3 is 0 Å². The Hall–Kier alpha value is -1.48. The van der Waals surface area contributed by atoms with Crippen LogP contribution in [0.1, 0.15) is 23.6 Å². The molecule has 0 aliphatic carbocycles. The number of hydrogen-bond acceptors (Lipinski definition) is 3. The molecule has 0 amide bonds. The maximum atomic E-state index is 5.83. The lowest BCUT2D eigenvalue weighted by Gasteiger charge is -2.09. The van der Waals surface area contributed by atoms with Gasteiger partial charge in [0, 0.05) is 16.8 Å². The van der Waals surface area contributed by atoms with Crippen LogP contribution in [0.2, 0.25) is 0 Å². The number of nitrogens with zero attached hydrogens (tertiary/aromatic N) is 1. The van der Waals surface area contributed by atoms with Crippen LogP contribution in [0.3, 0.4) is 0 Å². The van der Waals surface area contributed by atoms with Crippen molar-refractivity contribution in [2.45, 2.75) is 20.8 Å². The van der Waals surface area contributed by atoms with Crippen molar-refractivity contribution in [2.75, 3.05) is 12.3 Å². The molecule has 0 aliphatic heterocycles. The Morgan fingerprint density at radius 2 is 2.12 bits per heavy atom. The predicted octanol–water partition coefficient (Wildman–Crippen LogP) is 3.38. The van der Waals surface area contributed by atoms with Crippen LogP contribution in [0, 0.1) is 13.8 Å². The summed E-state index contributed by atoms with van der Waals surface area (Å²) in [6.07, 6.45) is 1.68. The van der Waals surface area contributed by atoms with E-state index in [1.807, 2.05) is 32.9 Å². The molecule has 0 aliphatic rings. The van der Waals surface area contributed by atoms with Crippen LogP contribution in [-0.2, 0) is 4.84 Å². The number of benzene rings is 1. The zero-order valence-electron chi connectivity index (χ0n) is 10.3. The first-order chi connectivity index (χ1) is 8.06. The molecule has 0 spiro atoms. The van der Waals surface area contributed by atoms with Gasteiger partial charge in [-0.05, 0) is 50.1 Å². The van der Waals surface area contributed by atoms with Gasteiger partial charge in [-0.25, -0.2) is 0 Å². The molecule has 0 saturated heterocycles. The van der Waals surface area contributed by atoms with E-state index >= 15 is 0 Å². The molecular formula is C13H17ClN2O.